The van der Waals surface area contributed by atoms with Gasteiger partial charge in [-0.05, 0) is 18.2 Å². The third kappa shape index (κ3) is 7.58. The molecule has 0 unspecified atom stereocenters. The van der Waals surface area contributed by atoms with E-state index in [0.717, 1.165) is 11.8 Å². The van der Waals surface area contributed by atoms with Gasteiger partial charge >= 0.3 is 6.18 Å². The summed E-state index contributed by atoms with van der Waals surface area (Å²) in [7, 11) is 1.56. The molecule has 2 rings (SSSR count). The van der Waals surface area contributed by atoms with Crippen LogP contribution in [-0.2, 0) is 6.18 Å². The van der Waals surface area contributed by atoms with E-state index in [9.17, 15) is 13.2 Å². The van der Waals surface area contributed by atoms with Crippen LogP contribution in [-0.4, -0.2) is 31.2 Å². The molecule has 1 aromatic heterocycles. The molecule has 0 atom stereocenters. The quantitative estimate of drug-likeness (QED) is 0.237. The van der Waals surface area contributed by atoms with E-state index in [2.05, 4.69) is 15.3 Å². The lowest BCUT2D eigenvalue weighted by molar-refractivity contribution is -0.137. The Morgan fingerprint density at radius 2 is 2.07 bits per heavy atom. The van der Waals surface area contributed by atoms with Gasteiger partial charge in [-0.15, -0.1) is 24.0 Å². The van der Waals surface area contributed by atoms with Crippen LogP contribution in [0.15, 0.2) is 41.5 Å². The predicted molar refractivity (Wildman–Crippen MR) is 113 cm³/mol. The average Bonchev–Trinajstić information content (AvgIpc) is 2.62. The summed E-state index contributed by atoms with van der Waals surface area (Å²) in [6.07, 6.45) is -3.36. The highest BCUT2D eigenvalue weighted by molar-refractivity contribution is 14.0. The number of aliphatic imine (C=N–C) groups is 1. The molecule has 28 heavy (non-hydrogen) atoms. The number of rotatable bonds is 7. The molecule has 11 heteroatoms. The van der Waals surface area contributed by atoms with E-state index in [0.29, 0.717) is 24.9 Å². The van der Waals surface area contributed by atoms with Crippen LogP contribution < -0.4 is 20.5 Å². The predicted octanol–water partition coefficient (Wildman–Crippen LogP) is 4.58. The van der Waals surface area contributed by atoms with E-state index < -0.39 is 11.7 Å². The normalized spacial score (nSPS) is 11.5. The highest BCUT2D eigenvalue weighted by Crippen LogP contribution is 2.33. The number of alkyl halides is 3. The molecule has 0 aliphatic carbocycles. The first-order valence-electron chi connectivity index (χ1n) is 7.86. The van der Waals surface area contributed by atoms with Crippen molar-refractivity contribution in [2.24, 2.45) is 10.7 Å². The van der Waals surface area contributed by atoms with Crippen LogP contribution >= 0.6 is 35.6 Å². The second-order valence-corrected chi connectivity index (χ2v) is 5.74. The minimum absolute atomic E-state index is 0. The Kier molecular flexibility index (Phi) is 9.59. The van der Waals surface area contributed by atoms with Gasteiger partial charge < -0.3 is 20.5 Å². The Balaban J connectivity index is 0.00000392. The smallest absolute Gasteiger partial charge is 0.417 e. The number of anilines is 1. The lowest BCUT2D eigenvalue weighted by atomic mass is 10.3. The minimum atomic E-state index is -4.50. The first kappa shape index (κ1) is 24.1. The van der Waals surface area contributed by atoms with Gasteiger partial charge in [0.05, 0.1) is 19.3 Å². The molecule has 154 valence electrons. The van der Waals surface area contributed by atoms with Gasteiger partial charge in [0.1, 0.15) is 10.8 Å². The number of guanidine groups is 1. The van der Waals surface area contributed by atoms with Gasteiger partial charge in [-0.3, -0.25) is 4.99 Å². The lowest BCUT2D eigenvalue weighted by Gasteiger charge is -2.10. The summed E-state index contributed by atoms with van der Waals surface area (Å²) in [5.74, 6) is 0.840. The minimum Gasteiger partial charge on any atom is -0.497 e. The summed E-state index contributed by atoms with van der Waals surface area (Å²) >= 11 is 5.76. The maximum atomic E-state index is 12.5. The van der Waals surface area contributed by atoms with E-state index in [-0.39, 0.29) is 47.4 Å². The zero-order chi connectivity index (χ0) is 19.9. The molecule has 1 aromatic carbocycles. The third-order valence-electron chi connectivity index (χ3n) is 3.30. The van der Waals surface area contributed by atoms with Gasteiger partial charge in [-0.25, -0.2) is 4.98 Å². The fourth-order valence-corrected chi connectivity index (χ4v) is 2.23. The van der Waals surface area contributed by atoms with E-state index in [1.165, 1.54) is 0 Å². The number of nitrogens with zero attached hydrogens (tertiary/aromatic N) is 2. The number of halogens is 5. The summed E-state index contributed by atoms with van der Waals surface area (Å²) in [6, 6.07) is 7.97. The molecule has 0 bridgehead atoms. The van der Waals surface area contributed by atoms with Crippen LogP contribution in [0, 0.1) is 0 Å². The van der Waals surface area contributed by atoms with Crippen LogP contribution in [0.1, 0.15) is 12.0 Å². The molecule has 3 N–H and O–H groups in total. The number of aromatic nitrogens is 1. The van der Waals surface area contributed by atoms with Crippen molar-refractivity contribution in [2.45, 2.75) is 12.6 Å². The highest BCUT2D eigenvalue weighted by atomic mass is 127. The van der Waals surface area contributed by atoms with Gasteiger partial charge in [0.2, 0.25) is 5.88 Å². The van der Waals surface area contributed by atoms with Crippen LogP contribution in [0.4, 0.5) is 18.9 Å². The van der Waals surface area contributed by atoms with Crippen molar-refractivity contribution in [1.29, 1.82) is 0 Å². The maximum Gasteiger partial charge on any atom is 0.417 e. The maximum absolute atomic E-state index is 12.5. The molecule has 0 saturated carbocycles. The Labute approximate surface area is 182 Å². The molecular weight excluding hydrogens is 512 g/mol. The van der Waals surface area contributed by atoms with Crippen molar-refractivity contribution < 1.29 is 22.6 Å². The summed E-state index contributed by atoms with van der Waals surface area (Å²) in [4.78, 5) is 7.73. The number of nitrogens with one attached hydrogen (secondary N) is 1. The van der Waals surface area contributed by atoms with Crippen LogP contribution in [0.25, 0.3) is 0 Å². The number of hydrogen-bond acceptors (Lipinski definition) is 4. The Morgan fingerprint density at radius 1 is 1.32 bits per heavy atom. The first-order valence-corrected chi connectivity index (χ1v) is 8.24. The number of ether oxygens (including phenoxy) is 2. The second-order valence-electron chi connectivity index (χ2n) is 5.33. The van der Waals surface area contributed by atoms with Gasteiger partial charge in [-0.1, -0.05) is 17.7 Å². The van der Waals surface area contributed by atoms with E-state index in [4.69, 9.17) is 26.8 Å². The van der Waals surface area contributed by atoms with Crippen molar-refractivity contribution in [2.75, 3.05) is 25.6 Å². The average molecular weight is 531 g/mol. The van der Waals surface area contributed by atoms with Crippen molar-refractivity contribution in [3.63, 3.8) is 0 Å². The van der Waals surface area contributed by atoms with E-state index in [1.807, 2.05) is 12.1 Å². The van der Waals surface area contributed by atoms with Crippen LogP contribution in [0.3, 0.4) is 0 Å². The van der Waals surface area contributed by atoms with E-state index >= 15 is 0 Å². The van der Waals surface area contributed by atoms with Gasteiger partial charge in [-0.2, -0.15) is 13.2 Å². The first-order chi connectivity index (χ1) is 12.8. The van der Waals surface area contributed by atoms with Gasteiger partial charge in [0.25, 0.3) is 0 Å². The zero-order valence-corrected chi connectivity index (χ0v) is 17.9. The molecule has 0 radical (unpaired) electrons. The highest BCUT2D eigenvalue weighted by Gasteiger charge is 2.31. The Hall–Kier alpha value is -1.95. The molecule has 0 aliphatic rings. The van der Waals surface area contributed by atoms with Gasteiger partial charge in [0.15, 0.2) is 5.96 Å². The molecular formula is C17H19ClF3IN4O2. The van der Waals surface area contributed by atoms with E-state index in [1.54, 1.807) is 19.2 Å². The molecule has 0 aliphatic heterocycles. The zero-order valence-electron chi connectivity index (χ0n) is 14.8. The summed E-state index contributed by atoms with van der Waals surface area (Å²) in [5, 5.41) is 2.72. The molecule has 1 heterocycles. The van der Waals surface area contributed by atoms with Crippen LogP contribution in [0.2, 0.25) is 5.02 Å². The number of methoxy groups -OCH3 is 1. The fourth-order valence-electron chi connectivity index (χ4n) is 2.01. The molecule has 2 aromatic rings. The Morgan fingerprint density at radius 3 is 2.71 bits per heavy atom. The number of pyridine rings is 1. The summed E-state index contributed by atoms with van der Waals surface area (Å²) in [6.45, 7) is 0.523. The van der Waals surface area contributed by atoms with Crippen molar-refractivity contribution >= 4 is 47.2 Å². The van der Waals surface area contributed by atoms with Crippen molar-refractivity contribution in [3.8, 4) is 11.6 Å². The number of benzene rings is 1. The van der Waals surface area contributed by atoms with Crippen molar-refractivity contribution in [3.05, 3.63) is 47.1 Å². The standard InChI is InChI=1S/C17H18ClF3N4O2.HI/c1-26-13-5-2-4-12(9-13)25-16(22)23-6-3-7-27-15-14(18)8-11(10-24-15)17(19,20)21;/h2,4-5,8-10H,3,6-7H2,1H3,(H3,22,23,25);1H. The molecule has 0 saturated heterocycles. The SMILES string of the molecule is COc1cccc(NC(N)=NCCCOc2ncc(C(F)(F)F)cc2Cl)c1.I. The summed E-state index contributed by atoms with van der Waals surface area (Å²) in [5.41, 5.74) is 5.59. The number of nitrogens with two attached hydrogens (primary N) is 1. The topological polar surface area (TPSA) is 81.8 Å². The fraction of sp³-hybridized carbons (Fsp3) is 0.294. The lowest BCUT2D eigenvalue weighted by Crippen LogP contribution is -2.23. The van der Waals surface area contributed by atoms with Crippen molar-refractivity contribution in [1.82, 2.24) is 4.98 Å². The monoisotopic (exact) mass is 530 g/mol. The second kappa shape index (κ2) is 11.1. The molecule has 0 amide bonds. The molecule has 0 spiro atoms. The third-order valence-corrected chi connectivity index (χ3v) is 3.57. The number of hydrogen-bond donors (Lipinski definition) is 2. The molecule has 0 fully saturated rings. The van der Waals surface area contributed by atoms with Crippen LogP contribution in [0.5, 0.6) is 11.6 Å². The molecule has 6 nitrogen and oxygen atoms in total. The van der Waals surface area contributed by atoms with Gasteiger partial charge in [0, 0.05) is 30.9 Å². The summed E-state index contributed by atoms with van der Waals surface area (Å²) < 4.78 is 48.0. The largest absolute Gasteiger partial charge is 0.497 e. The Bertz CT molecular complexity index is 806.